The third kappa shape index (κ3) is 3.97. The highest BCUT2D eigenvalue weighted by atomic mass is 16.5. The molecule has 0 saturated heterocycles. The van der Waals surface area contributed by atoms with Crippen LogP contribution in [0.25, 0.3) is 0 Å². The fourth-order valence-electron chi connectivity index (χ4n) is 3.07. The van der Waals surface area contributed by atoms with Crippen LogP contribution in [0.5, 0.6) is 0 Å². The summed E-state index contributed by atoms with van der Waals surface area (Å²) in [7, 11) is 1.59. The number of carboxylic acids is 1. The highest BCUT2D eigenvalue weighted by Crippen LogP contribution is 2.34. The summed E-state index contributed by atoms with van der Waals surface area (Å²) in [5.74, 6) is -0.937. The fraction of sp³-hybridized carbons (Fsp3) is 0.526. The molecule has 3 N–H and O–H groups in total. The SMILES string of the molecule is COC[C@](O)(CCC(C)=C(C)C)[C@H]1Cc2cc(C(=O)O)ccc2N1. The monoisotopic (exact) mass is 333 g/mol. The molecule has 1 aromatic rings. The Kier molecular flexibility index (Phi) is 5.67. The lowest BCUT2D eigenvalue weighted by atomic mass is 9.86. The molecule has 1 aliphatic rings. The van der Waals surface area contributed by atoms with Crippen molar-refractivity contribution in [3.05, 3.63) is 40.5 Å². The van der Waals surface area contributed by atoms with E-state index in [1.165, 1.54) is 11.1 Å². The van der Waals surface area contributed by atoms with Gasteiger partial charge in [-0.05, 0) is 63.8 Å². The molecule has 0 bridgehead atoms. The Morgan fingerprint density at radius 1 is 1.38 bits per heavy atom. The van der Waals surface area contributed by atoms with Crippen LogP contribution >= 0.6 is 0 Å². The Morgan fingerprint density at radius 2 is 2.08 bits per heavy atom. The van der Waals surface area contributed by atoms with E-state index in [2.05, 4.69) is 26.1 Å². The fourth-order valence-corrected chi connectivity index (χ4v) is 3.07. The lowest BCUT2D eigenvalue weighted by Crippen LogP contribution is -2.49. The van der Waals surface area contributed by atoms with Crippen molar-refractivity contribution in [3.8, 4) is 0 Å². The van der Waals surface area contributed by atoms with E-state index >= 15 is 0 Å². The van der Waals surface area contributed by atoms with E-state index in [1.54, 1.807) is 25.3 Å². The smallest absolute Gasteiger partial charge is 0.335 e. The van der Waals surface area contributed by atoms with E-state index < -0.39 is 11.6 Å². The Labute approximate surface area is 143 Å². The van der Waals surface area contributed by atoms with Crippen LogP contribution in [-0.4, -0.2) is 41.5 Å². The number of allylic oxidation sites excluding steroid dienone is 2. The van der Waals surface area contributed by atoms with Crippen LogP contribution in [0.15, 0.2) is 29.3 Å². The number of aromatic carboxylic acids is 1. The number of methoxy groups -OCH3 is 1. The molecule has 1 aromatic carbocycles. The average Bonchev–Trinajstić information content (AvgIpc) is 2.96. The summed E-state index contributed by atoms with van der Waals surface area (Å²) in [6.07, 6.45) is 1.98. The van der Waals surface area contributed by atoms with Gasteiger partial charge in [0.25, 0.3) is 0 Å². The third-order valence-electron chi connectivity index (χ3n) is 4.94. The number of aliphatic hydroxyl groups is 1. The van der Waals surface area contributed by atoms with Crippen molar-refractivity contribution < 1.29 is 19.7 Å². The Morgan fingerprint density at radius 3 is 2.67 bits per heavy atom. The maximum absolute atomic E-state index is 11.2. The molecule has 0 aromatic heterocycles. The first-order valence-corrected chi connectivity index (χ1v) is 8.24. The largest absolute Gasteiger partial charge is 0.478 e. The lowest BCUT2D eigenvalue weighted by molar-refractivity contribution is -0.0489. The topological polar surface area (TPSA) is 78.8 Å². The summed E-state index contributed by atoms with van der Waals surface area (Å²) in [6, 6.07) is 4.84. The molecule has 1 heterocycles. The van der Waals surface area contributed by atoms with E-state index in [0.717, 1.165) is 17.7 Å². The van der Waals surface area contributed by atoms with Gasteiger partial charge in [-0.3, -0.25) is 0 Å². The molecule has 132 valence electrons. The summed E-state index contributed by atoms with van der Waals surface area (Å²) in [6.45, 7) is 6.46. The molecule has 0 unspecified atom stereocenters. The second kappa shape index (κ2) is 7.36. The van der Waals surface area contributed by atoms with Crippen molar-refractivity contribution in [3.63, 3.8) is 0 Å². The van der Waals surface area contributed by atoms with Crippen LogP contribution in [0, 0.1) is 0 Å². The molecule has 0 spiro atoms. The van der Waals surface area contributed by atoms with Crippen molar-refractivity contribution >= 4 is 11.7 Å². The van der Waals surface area contributed by atoms with Gasteiger partial charge in [0.2, 0.25) is 0 Å². The van der Waals surface area contributed by atoms with E-state index in [4.69, 9.17) is 9.84 Å². The minimum Gasteiger partial charge on any atom is -0.478 e. The van der Waals surface area contributed by atoms with Crippen molar-refractivity contribution in [2.45, 2.75) is 51.7 Å². The lowest BCUT2D eigenvalue weighted by Gasteiger charge is -2.34. The van der Waals surface area contributed by atoms with E-state index in [1.807, 2.05) is 0 Å². The number of benzene rings is 1. The number of carboxylic acid groups (broad SMARTS) is 1. The standard InChI is InChI=1S/C19H27NO4/c1-12(2)13(3)7-8-19(23,11-24-4)17-10-15-9-14(18(21)22)5-6-16(15)20-17/h5-6,9,17,20,23H,7-8,10-11H2,1-4H3,(H,21,22)/t17-,19-/m1/s1. The molecule has 0 aliphatic carbocycles. The van der Waals surface area contributed by atoms with Gasteiger partial charge in [-0.2, -0.15) is 0 Å². The highest BCUT2D eigenvalue weighted by Gasteiger charge is 2.40. The first-order chi connectivity index (χ1) is 11.3. The van der Waals surface area contributed by atoms with Crippen LogP contribution in [-0.2, 0) is 11.2 Å². The number of rotatable bonds is 7. The van der Waals surface area contributed by atoms with Gasteiger partial charge in [0.1, 0.15) is 5.60 Å². The molecule has 2 atom stereocenters. The van der Waals surface area contributed by atoms with E-state index in [9.17, 15) is 9.90 Å². The molecule has 5 heteroatoms. The number of ether oxygens (including phenoxy) is 1. The molecule has 2 rings (SSSR count). The van der Waals surface area contributed by atoms with Crippen LogP contribution in [0.1, 0.15) is 49.5 Å². The molecule has 5 nitrogen and oxygen atoms in total. The number of hydrogen-bond acceptors (Lipinski definition) is 4. The summed E-state index contributed by atoms with van der Waals surface area (Å²) in [4.78, 5) is 11.1. The zero-order valence-electron chi connectivity index (χ0n) is 14.8. The summed E-state index contributed by atoms with van der Waals surface area (Å²) in [5.41, 5.74) is 3.61. The zero-order valence-corrected chi connectivity index (χ0v) is 14.8. The predicted octanol–water partition coefficient (Wildman–Crippen LogP) is 3.24. The van der Waals surface area contributed by atoms with Gasteiger partial charge in [-0.25, -0.2) is 4.79 Å². The van der Waals surface area contributed by atoms with E-state index in [0.29, 0.717) is 12.8 Å². The zero-order chi connectivity index (χ0) is 17.9. The van der Waals surface area contributed by atoms with Crippen LogP contribution < -0.4 is 5.32 Å². The maximum atomic E-state index is 11.2. The van der Waals surface area contributed by atoms with Crippen molar-refractivity contribution in [1.29, 1.82) is 0 Å². The van der Waals surface area contributed by atoms with Crippen molar-refractivity contribution in [1.82, 2.24) is 0 Å². The minimum absolute atomic E-state index is 0.193. The van der Waals surface area contributed by atoms with Gasteiger partial charge in [-0.1, -0.05) is 11.1 Å². The van der Waals surface area contributed by atoms with Crippen LogP contribution in [0.2, 0.25) is 0 Å². The first-order valence-electron chi connectivity index (χ1n) is 8.24. The summed E-state index contributed by atoms with van der Waals surface area (Å²) >= 11 is 0. The number of carbonyl (C=O) groups is 1. The molecule has 0 radical (unpaired) electrons. The van der Waals surface area contributed by atoms with Gasteiger partial charge in [0.15, 0.2) is 0 Å². The molecule has 24 heavy (non-hydrogen) atoms. The average molecular weight is 333 g/mol. The maximum Gasteiger partial charge on any atom is 0.335 e. The Hall–Kier alpha value is -1.85. The molecule has 0 saturated carbocycles. The molecule has 0 fully saturated rings. The van der Waals surface area contributed by atoms with Crippen molar-refractivity contribution in [2.75, 3.05) is 19.0 Å². The molecular formula is C19H27NO4. The quantitative estimate of drug-likeness (QED) is 0.668. The Balaban J connectivity index is 2.17. The minimum atomic E-state index is -1.01. The Bertz CT molecular complexity index is 649. The van der Waals surface area contributed by atoms with Gasteiger partial charge < -0.3 is 20.3 Å². The van der Waals surface area contributed by atoms with Gasteiger partial charge in [-0.15, -0.1) is 0 Å². The highest BCUT2D eigenvalue weighted by molar-refractivity contribution is 5.88. The number of fused-ring (bicyclic) bond motifs is 1. The number of anilines is 1. The second-order valence-corrected chi connectivity index (χ2v) is 6.90. The van der Waals surface area contributed by atoms with Crippen molar-refractivity contribution in [2.24, 2.45) is 0 Å². The second-order valence-electron chi connectivity index (χ2n) is 6.90. The van der Waals surface area contributed by atoms with Crippen LogP contribution in [0.4, 0.5) is 5.69 Å². The number of nitrogens with one attached hydrogen (secondary N) is 1. The molecule has 1 aliphatic heterocycles. The van der Waals surface area contributed by atoms with E-state index in [-0.39, 0.29) is 18.2 Å². The first kappa shape index (κ1) is 18.5. The van der Waals surface area contributed by atoms with Gasteiger partial charge >= 0.3 is 5.97 Å². The summed E-state index contributed by atoms with van der Waals surface area (Å²) in [5, 5.41) is 23.6. The van der Waals surface area contributed by atoms with Gasteiger partial charge in [0, 0.05) is 12.8 Å². The third-order valence-corrected chi connectivity index (χ3v) is 4.94. The number of hydrogen-bond donors (Lipinski definition) is 3. The van der Waals surface area contributed by atoms with Gasteiger partial charge in [0.05, 0.1) is 18.2 Å². The van der Waals surface area contributed by atoms with Crippen LogP contribution in [0.3, 0.4) is 0 Å². The molecular weight excluding hydrogens is 306 g/mol. The predicted molar refractivity (Wildman–Crippen MR) is 94.6 cm³/mol. The normalized spacial score (nSPS) is 18.5. The molecule has 0 amide bonds. The summed E-state index contributed by atoms with van der Waals surface area (Å²) < 4.78 is 5.27.